The average Bonchev–Trinajstić information content (AvgIpc) is 2.46. The third kappa shape index (κ3) is 3.28. The molecule has 2 aromatic rings. The summed E-state index contributed by atoms with van der Waals surface area (Å²) in [7, 11) is 1.44. The van der Waals surface area contributed by atoms with E-state index in [-0.39, 0.29) is 17.6 Å². The lowest BCUT2D eigenvalue weighted by Gasteiger charge is -2.17. The van der Waals surface area contributed by atoms with Gasteiger partial charge in [0.05, 0.1) is 13.2 Å². The maximum atomic E-state index is 14.1. The zero-order valence-corrected chi connectivity index (χ0v) is 11.8. The Labute approximate surface area is 122 Å². The third-order valence-corrected chi connectivity index (χ3v) is 3.37. The van der Waals surface area contributed by atoms with Crippen LogP contribution in [-0.2, 0) is 6.42 Å². The minimum Gasteiger partial charge on any atom is -0.494 e. The number of benzene rings is 2. The van der Waals surface area contributed by atoms with Crippen molar-refractivity contribution in [3.8, 4) is 5.75 Å². The number of halogens is 2. The predicted octanol–water partition coefficient (Wildman–Crippen LogP) is 3.23. The Bertz CT molecular complexity index is 592. The van der Waals surface area contributed by atoms with Crippen molar-refractivity contribution in [1.82, 2.24) is 5.43 Å². The van der Waals surface area contributed by atoms with Crippen molar-refractivity contribution < 1.29 is 9.13 Å². The van der Waals surface area contributed by atoms with Gasteiger partial charge in [-0.25, -0.2) is 4.39 Å². The average molecular weight is 295 g/mol. The summed E-state index contributed by atoms with van der Waals surface area (Å²) < 4.78 is 19.1. The number of ether oxygens (including phenoxy) is 1. The fourth-order valence-electron chi connectivity index (χ4n) is 2.09. The van der Waals surface area contributed by atoms with E-state index in [0.717, 1.165) is 5.56 Å². The monoisotopic (exact) mass is 294 g/mol. The summed E-state index contributed by atoms with van der Waals surface area (Å²) in [5.41, 5.74) is 4.13. The van der Waals surface area contributed by atoms with Crippen molar-refractivity contribution in [1.29, 1.82) is 0 Å². The van der Waals surface area contributed by atoms with Crippen LogP contribution in [0.4, 0.5) is 4.39 Å². The van der Waals surface area contributed by atoms with Gasteiger partial charge in [0.15, 0.2) is 11.6 Å². The van der Waals surface area contributed by atoms with Gasteiger partial charge in [0, 0.05) is 5.02 Å². The molecule has 20 heavy (non-hydrogen) atoms. The van der Waals surface area contributed by atoms with Crippen molar-refractivity contribution in [2.45, 2.75) is 12.5 Å². The molecule has 0 aliphatic heterocycles. The molecule has 0 heterocycles. The second kappa shape index (κ2) is 6.70. The quantitative estimate of drug-likeness (QED) is 0.657. The molecule has 0 saturated carbocycles. The van der Waals surface area contributed by atoms with Gasteiger partial charge in [0.25, 0.3) is 0 Å². The van der Waals surface area contributed by atoms with E-state index in [1.165, 1.54) is 7.11 Å². The van der Waals surface area contributed by atoms with E-state index in [1.807, 2.05) is 18.2 Å². The van der Waals surface area contributed by atoms with Crippen LogP contribution < -0.4 is 16.0 Å². The molecule has 3 nitrogen and oxygen atoms in total. The molecule has 0 aliphatic carbocycles. The number of rotatable bonds is 5. The van der Waals surface area contributed by atoms with E-state index in [2.05, 4.69) is 5.43 Å². The molecule has 1 atom stereocenters. The van der Waals surface area contributed by atoms with Gasteiger partial charge in [0.1, 0.15) is 0 Å². The van der Waals surface area contributed by atoms with Crippen molar-refractivity contribution in [3.63, 3.8) is 0 Å². The summed E-state index contributed by atoms with van der Waals surface area (Å²) >= 11 is 5.97. The summed E-state index contributed by atoms with van der Waals surface area (Å²) in [5, 5.41) is 0.619. The van der Waals surface area contributed by atoms with Gasteiger partial charge in [-0.15, -0.1) is 0 Å². The molecule has 1 unspecified atom stereocenters. The molecule has 0 amide bonds. The molecular formula is C15H16ClFN2O. The summed E-state index contributed by atoms with van der Waals surface area (Å²) in [6.07, 6.45) is 0.403. The van der Waals surface area contributed by atoms with Crippen LogP contribution in [0.25, 0.3) is 0 Å². The van der Waals surface area contributed by atoms with Gasteiger partial charge in [-0.2, -0.15) is 0 Å². The molecule has 0 saturated heterocycles. The number of hydrazine groups is 1. The Hall–Kier alpha value is -1.62. The summed E-state index contributed by atoms with van der Waals surface area (Å²) in [4.78, 5) is 0. The maximum absolute atomic E-state index is 14.1. The Balaban J connectivity index is 2.27. The van der Waals surface area contributed by atoms with Crippen LogP contribution in [0.15, 0.2) is 42.5 Å². The van der Waals surface area contributed by atoms with Gasteiger partial charge in [-0.1, -0.05) is 35.9 Å². The normalized spacial score (nSPS) is 12.2. The highest BCUT2D eigenvalue weighted by Crippen LogP contribution is 2.26. The first kappa shape index (κ1) is 14.8. The zero-order chi connectivity index (χ0) is 14.5. The highest BCUT2D eigenvalue weighted by atomic mass is 35.5. The second-order valence-electron chi connectivity index (χ2n) is 4.41. The number of nitrogens with one attached hydrogen (secondary N) is 1. The number of methoxy groups -OCH3 is 1. The highest BCUT2D eigenvalue weighted by Gasteiger charge is 2.15. The lowest BCUT2D eigenvalue weighted by molar-refractivity contribution is 0.382. The molecule has 106 valence electrons. The van der Waals surface area contributed by atoms with Gasteiger partial charge >= 0.3 is 0 Å². The molecule has 2 aromatic carbocycles. The van der Waals surface area contributed by atoms with Crippen LogP contribution in [0, 0.1) is 5.82 Å². The van der Waals surface area contributed by atoms with Gasteiger partial charge in [-0.05, 0) is 35.7 Å². The van der Waals surface area contributed by atoms with Crippen molar-refractivity contribution in [2.75, 3.05) is 7.11 Å². The predicted molar refractivity (Wildman–Crippen MR) is 78.2 cm³/mol. The Kier molecular flexibility index (Phi) is 4.95. The van der Waals surface area contributed by atoms with E-state index in [9.17, 15) is 4.39 Å². The van der Waals surface area contributed by atoms with Crippen molar-refractivity contribution in [3.05, 3.63) is 64.4 Å². The third-order valence-electron chi connectivity index (χ3n) is 3.14. The smallest absolute Gasteiger partial charge is 0.168 e. The largest absolute Gasteiger partial charge is 0.494 e. The molecule has 0 aliphatic rings. The van der Waals surface area contributed by atoms with E-state index < -0.39 is 0 Å². The minimum absolute atomic E-state index is 0.226. The van der Waals surface area contributed by atoms with Crippen LogP contribution >= 0.6 is 11.6 Å². The highest BCUT2D eigenvalue weighted by molar-refractivity contribution is 6.30. The first-order chi connectivity index (χ1) is 9.65. The van der Waals surface area contributed by atoms with Crippen LogP contribution in [0.2, 0.25) is 5.02 Å². The molecule has 0 aromatic heterocycles. The van der Waals surface area contributed by atoms with Crippen molar-refractivity contribution >= 4 is 11.6 Å². The van der Waals surface area contributed by atoms with Crippen LogP contribution in [0.3, 0.4) is 0 Å². The summed E-state index contributed by atoms with van der Waals surface area (Å²) in [6, 6.07) is 12.2. The summed E-state index contributed by atoms with van der Waals surface area (Å²) in [5.74, 6) is 5.44. The second-order valence-corrected chi connectivity index (χ2v) is 4.85. The zero-order valence-electron chi connectivity index (χ0n) is 11.1. The molecule has 0 fully saturated rings. The fourth-order valence-corrected chi connectivity index (χ4v) is 2.29. The molecule has 3 N–H and O–H groups in total. The van der Waals surface area contributed by atoms with Crippen molar-refractivity contribution in [2.24, 2.45) is 5.84 Å². The first-order valence-electron chi connectivity index (χ1n) is 6.18. The van der Waals surface area contributed by atoms with E-state index in [0.29, 0.717) is 17.0 Å². The minimum atomic E-state index is -0.364. The Morgan fingerprint density at radius 1 is 1.30 bits per heavy atom. The number of hydrogen-bond donors (Lipinski definition) is 2. The van der Waals surface area contributed by atoms with E-state index >= 15 is 0 Å². The van der Waals surface area contributed by atoms with Crippen LogP contribution in [-0.4, -0.2) is 7.11 Å². The van der Waals surface area contributed by atoms with Gasteiger partial charge < -0.3 is 4.74 Å². The van der Waals surface area contributed by atoms with Crippen LogP contribution in [0.5, 0.6) is 5.75 Å². The maximum Gasteiger partial charge on any atom is 0.168 e. The molecule has 2 rings (SSSR count). The van der Waals surface area contributed by atoms with Gasteiger partial charge in [-0.3, -0.25) is 11.3 Å². The number of nitrogens with two attached hydrogens (primary N) is 1. The fraction of sp³-hybridized carbons (Fsp3) is 0.200. The van der Waals surface area contributed by atoms with E-state index in [4.69, 9.17) is 22.2 Å². The number of hydrogen-bond acceptors (Lipinski definition) is 3. The topological polar surface area (TPSA) is 47.3 Å². The van der Waals surface area contributed by atoms with E-state index in [1.54, 1.807) is 24.3 Å². The Morgan fingerprint density at radius 2 is 2.05 bits per heavy atom. The first-order valence-corrected chi connectivity index (χ1v) is 6.56. The lowest BCUT2D eigenvalue weighted by atomic mass is 9.99. The SMILES string of the molecule is COc1cccc(CC(NN)c2cccc(Cl)c2)c1F. The molecule has 0 spiro atoms. The standard InChI is InChI=1S/C15H16ClFN2O/c1-20-14-7-3-5-11(15(14)17)9-13(19-18)10-4-2-6-12(16)8-10/h2-8,13,19H,9,18H2,1H3. The van der Waals surface area contributed by atoms with Crippen LogP contribution in [0.1, 0.15) is 17.2 Å². The van der Waals surface area contributed by atoms with Gasteiger partial charge in [0.2, 0.25) is 0 Å². The molecule has 0 radical (unpaired) electrons. The lowest BCUT2D eigenvalue weighted by Crippen LogP contribution is -2.29. The molecule has 5 heteroatoms. The Morgan fingerprint density at radius 3 is 2.70 bits per heavy atom. The summed E-state index contributed by atoms with van der Waals surface area (Å²) in [6.45, 7) is 0. The molecule has 0 bridgehead atoms. The molecular weight excluding hydrogens is 279 g/mol.